The molecular weight excluding hydrogens is 478 g/mol. The second-order valence-electron chi connectivity index (χ2n) is 7.16. The lowest BCUT2D eigenvalue weighted by Gasteiger charge is -2.05. The van der Waals surface area contributed by atoms with Crippen LogP contribution in [0.15, 0.2) is 91.6 Å². The van der Waals surface area contributed by atoms with Gasteiger partial charge in [0.2, 0.25) is 0 Å². The molecule has 1 aliphatic heterocycles. The lowest BCUT2D eigenvalue weighted by molar-refractivity contribution is -0.122. The molecule has 0 N–H and O–H groups in total. The van der Waals surface area contributed by atoms with Gasteiger partial charge in [0.25, 0.3) is 5.91 Å². The first-order valence-electron chi connectivity index (χ1n) is 10.00. The Morgan fingerprint density at radius 2 is 1.32 bits per heavy atom. The molecule has 5 rings (SSSR count). The van der Waals surface area contributed by atoms with Gasteiger partial charge in [-0.2, -0.15) is 10.1 Å². The van der Waals surface area contributed by atoms with Gasteiger partial charge in [-0.15, -0.1) is 0 Å². The maximum atomic E-state index is 13.1. The number of amides is 1. The summed E-state index contributed by atoms with van der Waals surface area (Å²) in [4.78, 5) is 13.2. The highest BCUT2D eigenvalue weighted by molar-refractivity contribution is 8.26. The summed E-state index contributed by atoms with van der Waals surface area (Å²) in [5, 5.41) is 5.27. The second-order valence-corrected chi connectivity index (χ2v) is 8.83. The predicted molar refractivity (Wildman–Crippen MR) is 131 cm³/mol. The number of thioether (sulfide) groups is 1. The Bertz CT molecular complexity index is 1440. The number of carbonyl (C=O) groups excluding carboxylic acids is 1. The van der Waals surface area contributed by atoms with Gasteiger partial charge >= 0.3 is 0 Å². The number of hydrogen-bond acceptors (Lipinski definition) is 6. The van der Waals surface area contributed by atoms with E-state index in [2.05, 4.69) is 5.10 Å². The standard InChI is InChI=1S/C25H14F2N2O3S2/c26-17-5-1-15(2-6-17)21-11-9-19(31-21)13-23-24(30)29(25(33)34-23)28-14-20-10-12-22(32-20)16-3-7-18(27)8-4-16/h1-14H/b23-13-,28-14+. The van der Waals surface area contributed by atoms with E-state index in [1.165, 1.54) is 30.5 Å². The van der Waals surface area contributed by atoms with Gasteiger partial charge in [-0.1, -0.05) is 11.8 Å². The van der Waals surface area contributed by atoms with Gasteiger partial charge in [0.1, 0.15) is 34.7 Å². The molecule has 1 fully saturated rings. The van der Waals surface area contributed by atoms with Crippen molar-refractivity contribution in [2.24, 2.45) is 5.10 Å². The minimum atomic E-state index is -0.392. The maximum absolute atomic E-state index is 13.1. The van der Waals surface area contributed by atoms with Crippen LogP contribution in [-0.4, -0.2) is 21.5 Å². The van der Waals surface area contributed by atoms with E-state index in [-0.39, 0.29) is 16.0 Å². The van der Waals surface area contributed by atoms with Crippen LogP contribution in [0.5, 0.6) is 0 Å². The van der Waals surface area contributed by atoms with Gasteiger partial charge in [-0.05, 0) is 85.0 Å². The Morgan fingerprint density at radius 1 is 0.794 bits per heavy atom. The van der Waals surface area contributed by atoms with Crippen molar-refractivity contribution in [1.82, 2.24) is 5.01 Å². The van der Waals surface area contributed by atoms with Gasteiger partial charge in [-0.25, -0.2) is 8.78 Å². The molecule has 4 aromatic rings. The van der Waals surface area contributed by atoms with Crippen LogP contribution >= 0.6 is 24.0 Å². The monoisotopic (exact) mass is 492 g/mol. The highest BCUT2D eigenvalue weighted by Crippen LogP contribution is 2.34. The van der Waals surface area contributed by atoms with Crippen LogP contribution in [0, 0.1) is 11.6 Å². The first kappa shape index (κ1) is 22.0. The highest BCUT2D eigenvalue weighted by atomic mass is 32.2. The van der Waals surface area contributed by atoms with Gasteiger partial charge in [0.15, 0.2) is 4.32 Å². The minimum Gasteiger partial charge on any atom is -0.457 e. The third kappa shape index (κ3) is 4.61. The molecule has 34 heavy (non-hydrogen) atoms. The number of rotatable bonds is 5. The van der Waals surface area contributed by atoms with Crippen LogP contribution in [0.1, 0.15) is 11.5 Å². The van der Waals surface area contributed by atoms with E-state index in [0.29, 0.717) is 33.5 Å². The fourth-order valence-corrected chi connectivity index (χ4v) is 4.35. The Balaban J connectivity index is 1.30. The normalized spacial score (nSPS) is 15.2. The van der Waals surface area contributed by atoms with Crippen molar-refractivity contribution < 1.29 is 22.4 Å². The zero-order valence-corrected chi connectivity index (χ0v) is 18.9. The van der Waals surface area contributed by atoms with E-state index in [9.17, 15) is 13.6 Å². The fourth-order valence-electron chi connectivity index (χ4n) is 3.19. The van der Waals surface area contributed by atoms with Crippen molar-refractivity contribution in [2.75, 3.05) is 0 Å². The van der Waals surface area contributed by atoms with Gasteiger partial charge in [-0.3, -0.25) is 4.79 Å². The van der Waals surface area contributed by atoms with Crippen molar-refractivity contribution in [3.63, 3.8) is 0 Å². The Labute approximate surface area is 202 Å². The van der Waals surface area contributed by atoms with Gasteiger partial charge < -0.3 is 8.83 Å². The van der Waals surface area contributed by atoms with Crippen LogP contribution in [0.2, 0.25) is 0 Å². The Morgan fingerprint density at radius 3 is 1.91 bits per heavy atom. The smallest absolute Gasteiger partial charge is 0.286 e. The van der Waals surface area contributed by atoms with Crippen LogP contribution < -0.4 is 0 Å². The average Bonchev–Trinajstić information content (AvgIpc) is 3.55. The van der Waals surface area contributed by atoms with Crippen molar-refractivity contribution >= 4 is 46.5 Å². The number of furan rings is 2. The van der Waals surface area contributed by atoms with E-state index in [1.54, 1.807) is 54.6 Å². The minimum absolute atomic E-state index is 0.267. The fraction of sp³-hybridized carbons (Fsp3) is 0. The van der Waals surface area contributed by atoms with E-state index in [4.69, 9.17) is 21.1 Å². The predicted octanol–water partition coefficient (Wildman–Crippen LogP) is 6.72. The van der Waals surface area contributed by atoms with E-state index >= 15 is 0 Å². The third-order valence-corrected chi connectivity index (χ3v) is 6.14. The number of thiocarbonyl (C=S) groups is 1. The van der Waals surface area contributed by atoms with Gasteiger partial charge in [0, 0.05) is 17.2 Å². The molecule has 1 aliphatic rings. The quantitative estimate of drug-likeness (QED) is 0.176. The number of hydrazone groups is 1. The summed E-state index contributed by atoms with van der Waals surface area (Å²) in [6.45, 7) is 0. The van der Waals surface area contributed by atoms with Crippen LogP contribution in [-0.2, 0) is 4.79 Å². The summed E-state index contributed by atoms with van der Waals surface area (Å²) in [7, 11) is 0. The average molecular weight is 493 g/mol. The van der Waals surface area contributed by atoms with Crippen LogP contribution in [0.4, 0.5) is 8.78 Å². The molecular formula is C25H14F2N2O3S2. The van der Waals surface area contributed by atoms with Crippen LogP contribution in [0.3, 0.4) is 0 Å². The van der Waals surface area contributed by atoms with E-state index in [1.807, 2.05) is 0 Å². The lowest BCUT2D eigenvalue weighted by Crippen LogP contribution is -2.22. The molecule has 0 saturated carbocycles. The largest absolute Gasteiger partial charge is 0.457 e. The Hall–Kier alpha value is -3.82. The molecule has 2 aromatic heterocycles. The highest BCUT2D eigenvalue weighted by Gasteiger charge is 2.32. The molecule has 9 heteroatoms. The molecule has 0 spiro atoms. The first-order chi connectivity index (χ1) is 16.5. The topological polar surface area (TPSA) is 59.0 Å². The summed E-state index contributed by atoms with van der Waals surface area (Å²) >= 11 is 6.40. The summed E-state index contributed by atoms with van der Waals surface area (Å²) < 4.78 is 38.0. The summed E-state index contributed by atoms with van der Waals surface area (Å²) in [5.41, 5.74) is 1.43. The molecule has 0 unspecified atom stereocenters. The molecule has 0 atom stereocenters. The van der Waals surface area contributed by atoms with Crippen molar-refractivity contribution in [3.8, 4) is 22.6 Å². The maximum Gasteiger partial charge on any atom is 0.286 e. The second kappa shape index (κ2) is 9.20. The summed E-state index contributed by atoms with van der Waals surface area (Å²) in [5.74, 6) is 0.903. The molecule has 2 aromatic carbocycles. The molecule has 1 saturated heterocycles. The number of nitrogens with zero attached hydrogens (tertiary/aromatic N) is 2. The summed E-state index contributed by atoms with van der Waals surface area (Å²) in [6, 6.07) is 18.7. The third-order valence-electron chi connectivity index (χ3n) is 4.86. The summed E-state index contributed by atoms with van der Waals surface area (Å²) in [6.07, 6.45) is 2.97. The molecule has 0 aliphatic carbocycles. The SMILES string of the molecule is O=C1/C(=C/c2ccc(-c3ccc(F)cc3)o2)SC(=S)N1/N=C/c1ccc(-c2ccc(F)cc2)o1. The Kier molecular flexibility index (Phi) is 5.95. The number of carbonyl (C=O) groups is 1. The lowest BCUT2D eigenvalue weighted by atomic mass is 10.2. The van der Waals surface area contributed by atoms with Crippen molar-refractivity contribution in [2.45, 2.75) is 0 Å². The molecule has 1 amide bonds. The van der Waals surface area contributed by atoms with Crippen molar-refractivity contribution in [3.05, 3.63) is 101 Å². The van der Waals surface area contributed by atoms with Crippen molar-refractivity contribution in [1.29, 1.82) is 0 Å². The zero-order valence-electron chi connectivity index (χ0n) is 17.3. The van der Waals surface area contributed by atoms with E-state index in [0.717, 1.165) is 22.3 Å². The molecule has 0 radical (unpaired) electrons. The number of benzene rings is 2. The number of hydrogen-bond donors (Lipinski definition) is 0. The van der Waals surface area contributed by atoms with E-state index < -0.39 is 5.91 Å². The molecule has 168 valence electrons. The van der Waals surface area contributed by atoms with Gasteiger partial charge in [0.05, 0.1) is 11.1 Å². The zero-order chi connectivity index (χ0) is 23.7. The molecule has 0 bridgehead atoms. The molecule has 5 nitrogen and oxygen atoms in total. The van der Waals surface area contributed by atoms with Crippen LogP contribution in [0.25, 0.3) is 28.7 Å². The first-order valence-corrected chi connectivity index (χ1v) is 11.2. The molecule has 3 heterocycles. The number of halogens is 2.